The van der Waals surface area contributed by atoms with Gasteiger partial charge in [-0.25, -0.2) is 4.39 Å². The number of nitrogens with one attached hydrogen (secondary N) is 1. The molecule has 1 aromatic rings. The van der Waals surface area contributed by atoms with E-state index >= 15 is 0 Å². The van der Waals surface area contributed by atoms with Gasteiger partial charge >= 0.3 is 0 Å². The van der Waals surface area contributed by atoms with Gasteiger partial charge in [0.2, 0.25) is 0 Å². The van der Waals surface area contributed by atoms with Gasteiger partial charge in [-0.3, -0.25) is 0 Å². The third kappa shape index (κ3) is 4.92. The molecular weight excluding hydrogens is 229 g/mol. The van der Waals surface area contributed by atoms with Crippen molar-refractivity contribution in [2.45, 2.75) is 19.4 Å². The summed E-state index contributed by atoms with van der Waals surface area (Å²) in [6.45, 7) is 2.14. The maximum absolute atomic E-state index is 13.3. The average molecular weight is 246 g/mol. The monoisotopic (exact) mass is 245 g/mol. The second-order valence-corrected chi connectivity index (χ2v) is 4.05. The van der Waals surface area contributed by atoms with E-state index < -0.39 is 0 Å². The number of unbranched alkanes of at least 4 members (excludes halogenated alkanes) is 1. The average Bonchev–Trinajstić information content (AvgIpc) is 2.28. The Labute approximate surface area is 101 Å². The summed E-state index contributed by atoms with van der Waals surface area (Å²) in [5.41, 5.74) is 0.610. The van der Waals surface area contributed by atoms with Crippen LogP contribution in [0.1, 0.15) is 18.4 Å². The molecule has 0 atom stereocenters. The molecule has 0 saturated heterocycles. The predicted octanol–water partition coefficient (Wildman–Crippen LogP) is 3.00. The zero-order valence-electron chi connectivity index (χ0n) is 9.43. The van der Waals surface area contributed by atoms with Gasteiger partial charge in [0.25, 0.3) is 0 Å². The molecule has 0 aliphatic heterocycles. The van der Waals surface area contributed by atoms with Crippen molar-refractivity contribution in [1.82, 2.24) is 5.32 Å². The normalized spacial score (nSPS) is 10.7. The molecule has 0 radical (unpaired) electrons. The summed E-state index contributed by atoms with van der Waals surface area (Å²) in [7, 11) is 1.69. The van der Waals surface area contributed by atoms with Crippen LogP contribution >= 0.6 is 11.6 Å². The van der Waals surface area contributed by atoms with E-state index in [-0.39, 0.29) is 5.82 Å². The van der Waals surface area contributed by atoms with Crippen molar-refractivity contribution in [3.63, 3.8) is 0 Å². The molecule has 0 spiro atoms. The number of halogens is 2. The lowest BCUT2D eigenvalue weighted by molar-refractivity contribution is 0.192. The maximum atomic E-state index is 13.3. The van der Waals surface area contributed by atoms with Gasteiger partial charge in [0.15, 0.2) is 0 Å². The highest BCUT2D eigenvalue weighted by molar-refractivity contribution is 6.30. The third-order valence-corrected chi connectivity index (χ3v) is 2.51. The Hall–Kier alpha value is -0.640. The van der Waals surface area contributed by atoms with Gasteiger partial charge in [-0.05, 0) is 37.6 Å². The van der Waals surface area contributed by atoms with E-state index in [4.69, 9.17) is 16.3 Å². The molecule has 2 nitrogen and oxygen atoms in total. The summed E-state index contributed by atoms with van der Waals surface area (Å²) in [5.74, 6) is -0.214. The van der Waals surface area contributed by atoms with Gasteiger partial charge in [0.05, 0.1) is 0 Å². The van der Waals surface area contributed by atoms with Crippen LogP contribution in [0.5, 0.6) is 0 Å². The summed E-state index contributed by atoms with van der Waals surface area (Å²) < 4.78 is 18.2. The van der Waals surface area contributed by atoms with Crippen molar-refractivity contribution >= 4 is 11.6 Å². The number of hydrogen-bond acceptors (Lipinski definition) is 2. The Morgan fingerprint density at radius 3 is 2.94 bits per heavy atom. The van der Waals surface area contributed by atoms with Gasteiger partial charge in [0.1, 0.15) is 5.82 Å². The molecule has 4 heteroatoms. The van der Waals surface area contributed by atoms with Crippen LogP contribution in [-0.2, 0) is 11.3 Å². The van der Waals surface area contributed by atoms with E-state index in [9.17, 15) is 4.39 Å². The van der Waals surface area contributed by atoms with E-state index in [0.717, 1.165) is 26.0 Å². The van der Waals surface area contributed by atoms with E-state index in [1.165, 1.54) is 6.07 Å². The first-order valence-corrected chi connectivity index (χ1v) is 5.75. The van der Waals surface area contributed by atoms with Crippen molar-refractivity contribution in [1.29, 1.82) is 0 Å². The Bertz CT molecular complexity index is 320. The molecule has 0 amide bonds. The molecule has 0 fully saturated rings. The van der Waals surface area contributed by atoms with E-state index in [0.29, 0.717) is 17.1 Å². The highest BCUT2D eigenvalue weighted by atomic mass is 35.5. The molecule has 0 unspecified atom stereocenters. The van der Waals surface area contributed by atoms with Gasteiger partial charge < -0.3 is 10.1 Å². The van der Waals surface area contributed by atoms with Crippen molar-refractivity contribution in [3.05, 3.63) is 34.6 Å². The predicted molar refractivity (Wildman–Crippen MR) is 64.2 cm³/mol. The lowest BCUT2D eigenvalue weighted by Gasteiger charge is -2.06. The lowest BCUT2D eigenvalue weighted by Crippen LogP contribution is -2.16. The van der Waals surface area contributed by atoms with Crippen LogP contribution in [0, 0.1) is 5.82 Å². The maximum Gasteiger partial charge on any atom is 0.127 e. The molecule has 1 aromatic carbocycles. The Morgan fingerprint density at radius 2 is 2.19 bits per heavy atom. The summed E-state index contributed by atoms with van der Waals surface area (Å²) in [6, 6.07) is 4.60. The molecular formula is C12H17ClFNO. The minimum atomic E-state index is -0.214. The van der Waals surface area contributed by atoms with E-state index in [2.05, 4.69) is 5.32 Å². The Kier molecular flexibility index (Phi) is 6.38. The number of rotatable bonds is 7. The van der Waals surface area contributed by atoms with Gasteiger partial charge in [-0.1, -0.05) is 11.6 Å². The third-order valence-electron chi connectivity index (χ3n) is 2.28. The Morgan fingerprint density at radius 1 is 1.38 bits per heavy atom. The van der Waals surface area contributed by atoms with Crippen LogP contribution in [0.2, 0.25) is 5.02 Å². The quantitative estimate of drug-likeness (QED) is 0.746. The highest BCUT2D eigenvalue weighted by Gasteiger charge is 2.01. The van der Waals surface area contributed by atoms with Crippen LogP contribution in [0.4, 0.5) is 4.39 Å². The number of hydrogen-bond donors (Lipinski definition) is 1. The number of ether oxygens (including phenoxy) is 1. The summed E-state index contributed by atoms with van der Waals surface area (Å²) in [5, 5.41) is 3.74. The number of benzene rings is 1. The summed E-state index contributed by atoms with van der Waals surface area (Å²) in [6.07, 6.45) is 2.04. The molecule has 1 N–H and O–H groups in total. The SMILES string of the molecule is COCCCCNCc1cc(Cl)ccc1F. The van der Waals surface area contributed by atoms with Crippen LogP contribution in [-0.4, -0.2) is 20.3 Å². The number of methoxy groups -OCH3 is 1. The minimum Gasteiger partial charge on any atom is -0.385 e. The molecule has 0 aliphatic rings. The van der Waals surface area contributed by atoms with Gasteiger partial charge in [-0.15, -0.1) is 0 Å². The Balaban J connectivity index is 2.23. The minimum absolute atomic E-state index is 0.214. The van der Waals surface area contributed by atoms with Crippen molar-refractivity contribution < 1.29 is 9.13 Å². The molecule has 0 bridgehead atoms. The molecule has 1 rings (SSSR count). The van der Waals surface area contributed by atoms with E-state index in [1.807, 2.05) is 0 Å². The standard InChI is InChI=1S/C12H17ClFNO/c1-16-7-3-2-6-15-9-10-8-11(13)4-5-12(10)14/h4-5,8,15H,2-3,6-7,9H2,1H3. The molecule has 16 heavy (non-hydrogen) atoms. The van der Waals surface area contributed by atoms with Crippen molar-refractivity contribution in [2.75, 3.05) is 20.3 Å². The second-order valence-electron chi connectivity index (χ2n) is 3.61. The van der Waals surface area contributed by atoms with E-state index in [1.54, 1.807) is 19.2 Å². The fraction of sp³-hybridized carbons (Fsp3) is 0.500. The first-order valence-electron chi connectivity index (χ1n) is 5.37. The highest BCUT2D eigenvalue weighted by Crippen LogP contribution is 2.14. The van der Waals surface area contributed by atoms with Crippen LogP contribution in [0.15, 0.2) is 18.2 Å². The van der Waals surface area contributed by atoms with Crippen molar-refractivity contribution in [2.24, 2.45) is 0 Å². The van der Waals surface area contributed by atoms with Crippen molar-refractivity contribution in [3.8, 4) is 0 Å². The molecule has 0 saturated carbocycles. The first-order chi connectivity index (χ1) is 7.74. The first kappa shape index (κ1) is 13.4. The van der Waals surface area contributed by atoms with Gasteiger partial charge in [0, 0.05) is 30.8 Å². The smallest absolute Gasteiger partial charge is 0.127 e. The molecule has 0 aromatic heterocycles. The second kappa shape index (κ2) is 7.60. The largest absolute Gasteiger partial charge is 0.385 e. The molecule has 90 valence electrons. The fourth-order valence-corrected chi connectivity index (χ4v) is 1.59. The van der Waals surface area contributed by atoms with Gasteiger partial charge in [-0.2, -0.15) is 0 Å². The van der Waals surface area contributed by atoms with Crippen LogP contribution in [0.25, 0.3) is 0 Å². The zero-order chi connectivity index (χ0) is 11.8. The lowest BCUT2D eigenvalue weighted by atomic mass is 10.2. The van der Waals surface area contributed by atoms with Crippen LogP contribution in [0.3, 0.4) is 0 Å². The summed E-state index contributed by atoms with van der Waals surface area (Å²) in [4.78, 5) is 0. The van der Waals surface area contributed by atoms with Crippen LogP contribution < -0.4 is 5.32 Å². The molecule has 0 heterocycles. The molecule has 0 aliphatic carbocycles. The fourth-order valence-electron chi connectivity index (χ4n) is 1.40. The zero-order valence-corrected chi connectivity index (χ0v) is 10.2. The topological polar surface area (TPSA) is 21.3 Å². The summed E-state index contributed by atoms with van der Waals surface area (Å²) >= 11 is 5.79.